The van der Waals surface area contributed by atoms with Gasteiger partial charge in [0.2, 0.25) is 0 Å². The average Bonchev–Trinajstić information content (AvgIpc) is 2.37. The molecule has 0 aliphatic carbocycles. The molecule has 0 unspecified atom stereocenters. The first-order valence-electron chi connectivity index (χ1n) is 5.01. The fraction of sp³-hybridized carbons (Fsp3) is 0.455. The lowest BCUT2D eigenvalue weighted by atomic mass is 10.1. The standard InChI is InChI=1S/C11H12ClF2NO3/c1-17-8-3-6(4-9(16)18-2)15-10(11(13)14)7(8)5-12/h3,11H,4-5H2,1-2H3. The topological polar surface area (TPSA) is 48.4 Å². The summed E-state index contributed by atoms with van der Waals surface area (Å²) in [5, 5.41) is 0. The second kappa shape index (κ2) is 6.49. The lowest BCUT2D eigenvalue weighted by Crippen LogP contribution is -2.10. The smallest absolute Gasteiger partial charge is 0.311 e. The fourth-order valence-corrected chi connectivity index (χ4v) is 1.70. The van der Waals surface area contributed by atoms with Crippen LogP contribution in [0.5, 0.6) is 5.75 Å². The van der Waals surface area contributed by atoms with Gasteiger partial charge in [-0.15, -0.1) is 11.6 Å². The Morgan fingerprint density at radius 1 is 1.50 bits per heavy atom. The molecule has 0 radical (unpaired) electrons. The third kappa shape index (κ3) is 3.29. The Morgan fingerprint density at radius 2 is 2.17 bits per heavy atom. The average molecular weight is 280 g/mol. The SMILES string of the molecule is COC(=O)Cc1cc(OC)c(CCl)c(C(F)F)n1. The summed E-state index contributed by atoms with van der Waals surface area (Å²) in [5.41, 5.74) is -0.186. The Balaban J connectivity index is 3.22. The van der Waals surface area contributed by atoms with Gasteiger partial charge in [-0.1, -0.05) is 0 Å². The molecule has 0 aromatic carbocycles. The molecule has 0 saturated carbocycles. The number of alkyl halides is 3. The minimum atomic E-state index is -2.79. The molecule has 1 heterocycles. The van der Waals surface area contributed by atoms with Crippen LogP contribution < -0.4 is 4.74 Å². The van der Waals surface area contributed by atoms with Crippen LogP contribution in [0.3, 0.4) is 0 Å². The Hall–Kier alpha value is -1.43. The number of halogens is 3. The first-order valence-corrected chi connectivity index (χ1v) is 5.54. The molecule has 0 saturated heterocycles. The van der Waals surface area contributed by atoms with Crippen LogP contribution >= 0.6 is 11.6 Å². The van der Waals surface area contributed by atoms with E-state index in [-0.39, 0.29) is 29.3 Å². The second-order valence-corrected chi connectivity index (χ2v) is 3.63. The molecular weight excluding hydrogens is 268 g/mol. The van der Waals surface area contributed by atoms with Crippen LogP contribution in [0, 0.1) is 0 Å². The summed E-state index contributed by atoms with van der Waals surface area (Å²) in [6.07, 6.45) is -2.99. The first kappa shape index (κ1) is 14.6. The Morgan fingerprint density at radius 3 is 2.61 bits per heavy atom. The van der Waals surface area contributed by atoms with Gasteiger partial charge in [-0.2, -0.15) is 0 Å². The normalized spacial score (nSPS) is 10.6. The third-order valence-corrected chi connectivity index (χ3v) is 2.55. The van der Waals surface area contributed by atoms with Crippen molar-refractivity contribution < 1.29 is 23.0 Å². The monoisotopic (exact) mass is 279 g/mol. The van der Waals surface area contributed by atoms with Crippen molar-refractivity contribution >= 4 is 17.6 Å². The van der Waals surface area contributed by atoms with Crippen molar-refractivity contribution in [2.45, 2.75) is 18.7 Å². The van der Waals surface area contributed by atoms with Crippen molar-refractivity contribution in [3.63, 3.8) is 0 Å². The predicted octanol–water partition coefficient (Wildman–Crippen LogP) is 2.48. The molecule has 0 aliphatic heterocycles. The van der Waals surface area contributed by atoms with Gasteiger partial charge >= 0.3 is 5.97 Å². The van der Waals surface area contributed by atoms with Gasteiger partial charge < -0.3 is 9.47 Å². The van der Waals surface area contributed by atoms with E-state index in [0.717, 1.165) is 0 Å². The molecule has 0 spiro atoms. The molecule has 7 heteroatoms. The molecule has 1 aromatic rings. The van der Waals surface area contributed by atoms with E-state index in [2.05, 4.69) is 9.72 Å². The van der Waals surface area contributed by atoms with Gasteiger partial charge in [0, 0.05) is 11.6 Å². The van der Waals surface area contributed by atoms with Crippen LogP contribution in [0.2, 0.25) is 0 Å². The number of hydrogen-bond donors (Lipinski definition) is 0. The van der Waals surface area contributed by atoms with Crippen molar-refractivity contribution in [3.05, 3.63) is 23.0 Å². The maximum Gasteiger partial charge on any atom is 0.311 e. The Labute approximate surface area is 108 Å². The largest absolute Gasteiger partial charge is 0.496 e. The number of pyridine rings is 1. The maximum atomic E-state index is 12.8. The molecule has 0 fully saturated rings. The molecule has 1 aromatic heterocycles. The Bertz CT molecular complexity index is 441. The summed E-state index contributed by atoms with van der Waals surface area (Å²) < 4.78 is 35.1. The lowest BCUT2D eigenvalue weighted by molar-refractivity contribution is -0.139. The molecule has 0 amide bonds. The molecule has 0 atom stereocenters. The van der Waals surface area contributed by atoms with Crippen LogP contribution in [0.25, 0.3) is 0 Å². The van der Waals surface area contributed by atoms with Crippen molar-refractivity contribution in [2.75, 3.05) is 14.2 Å². The second-order valence-electron chi connectivity index (χ2n) is 3.37. The summed E-state index contributed by atoms with van der Waals surface area (Å²) in [6, 6.07) is 1.40. The third-order valence-electron chi connectivity index (χ3n) is 2.28. The highest BCUT2D eigenvalue weighted by molar-refractivity contribution is 6.17. The predicted molar refractivity (Wildman–Crippen MR) is 61.0 cm³/mol. The van der Waals surface area contributed by atoms with Crippen molar-refractivity contribution in [1.29, 1.82) is 0 Å². The van der Waals surface area contributed by atoms with E-state index in [9.17, 15) is 13.6 Å². The van der Waals surface area contributed by atoms with E-state index in [1.165, 1.54) is 20.3 Å². The van der Waals surface area contributed by atoms with E-state index >= 15 is 0 Å². The van der Waals surface area contributed by atoms with Crippen molar-refractivity contribution in [2.24, 2.45) is 0 Å². The highest BCUT2D eigenvalue weighted by atomic mass is 35.5. The molecule has 0 bridgehead atoms. The fourth-order valence-electron chi connectivity index (χ4n) is 1.43. The number of rotatable bonds is 5. The Kier molecular flexibility index (Phi) is 5.27. The van der Waals surface area contributed by atoms with Crippen LogP contribution in [0.1, 0.15) is 23.4 Å². The first-order chi connectivity index (χ1) is 8.53. The van der Waals surface area contributed by atoms with E-state index < -0.39 is 18.1 Å². The highest BCUT2D eigenvalue weighted by Crippen LogP contribution is 2.30. The van der Waals surface area contributed by atoms with Gasteiger partial charge in [0.05, 0.1) is 32.2 Å². The minimum absolute atomic E-state index is 0.128. The van der Waals surface area contributed by atoms with E-state index in [1.807, 2.05) is 0 Å². The van der Waals surface area contributed by atoms with Gasteiger partial charge in [0.15, 0.2) is 0 Å². The number of ether oxygens (including phenoxy) is 2. The van der Waals surface area contributed by atoms with E-state index in [1.54, 1.807) is 0 Å². The molecule has 4 nitrogen and oxygen atoms in total. The number of methoxy groups -OCH3 is 2. The summed E-state index contributed by atoms with van der Waals surface area (Å²) in [4.78, 5) is 14.8. The summed E-state index contributed by atoms with van der Waals surface area (Å²) >= 11 is 5.60. The number of aromatic nitrogens is 1. The van der Waals surface area contributed by atoms with Crippen LogP contribution in [-0.4, -0.2) is 25.2 Å². The van der Waals surface area contributed by atoms with Crippen molar-refractivity contribution in [3.8, 4) is 5.75 Å². The van der Waals surface area contributed by atoms with E-state index in [4.69, 9.17) is 16.3 Å². The van der Waals surface area contributed by atoms with Crippen LogP contribution in [0.15, 0.2) is 6.07 Å². The van der Waals surface area contributed by atoms with Gasteiger partial charge in [0.25, 0.3) is 6.43 Å². The molecule has 100 valence electrons. The maximum absolute atomic E-state index is 12.8. The number of carbonyl (C=O) groups is 1. The van der Waals surface area contributed by atoms with Gasteiger partial charge in [-0.05, 0) is 0 Å². The molecule has 18 heavy (non-hydrogen) atoms. The summed E-state index contributed by atoms with van der Waals surface area (Å²) in [6.45, 7) is 0. The molecular formula is C11H12ClF2NO3. The van der Waals surface area contributed by atoms with Crippen molar-refractivity contribution in [1.82, 2.24) is 4.98 Å². The molecule has 1 rings (SSSR count). The minimum Gasteiger partial charge on any atom is -0.496 e. The highest BCUT2D eigenvalue weighted by Gasteiger charge is 2.20. The summed E-state index contributed by atoms with van der Waals surface area (Å²) in [5.74, 6) is -0.522. The van der Waals surface area contributed by atoms with Crippen LogP contribution in [-0.2, 0) is 21.8 Å². The lowest BCUT2D eigenvalue weighted by Gasteiger charge is -2.12. The van der Waals surface area contributed by atoms with E-state index in [0.29, 0.717) is 0 Å². The van der Waals surface area contributed by atoms with Gasteiger partial charge in [-0.3, -0.25) is 9.78 Å². The number of esters is 1. The zero-order valence-corrected chi connectivity index (χ0v) is 10.6. The van der Waals surface area contributed by atoms with Gasteiger partial charge in [0.1, 0.15) is 11.4 Å². The number of nitrogens with zero attached hydrogens (tertiary/aromatic N) is 1. The zero-order valence-electron chi connectivity index (χ0n) is 9.87. The quantitative estimate of drug-likeness (QED) is 0.614. The number of hydrogen-bond acceptors (Lipinski definition) is 4. The zero-order chi connectivity index (χ0) is 13.7. The number of carbonyl (C=O) groups excluding carboxylic acids is 1. The van der Waals surface area contributed by atoms with Gasteiger partial charge in [-0.25, -0.2) is 8.78 Å². The summed E-state index contributed by atoms with van der Waals surface area (Å²) in [7, 11) is 2.54. The molecule has 0 aliphatic rings. The van der Waals surface area contributed by atoms with Crippen LogP contribution in [0.4, 0.5) is 8.78 Å². The molecule has 0 N–H and O–H groups in total.